The summed E-state index contributed by atoms with van der Waals surface area (Å²) >= 11 is 10.6. The Bertz CT molecular complexity index is 1070. The van der Waals surface area contributed by atoms with Crippen LogP contribution in [0.4, 0.5) is 0 Å². The molecule has 4 aromatic rings. The molecule has 2 heterocycles. The summed E-state index contributed by atoms with van der Waals surface area (Å²) in [6, 6.07) is 14.7. The summed E-state index contributed by atoms with van der Waals surface area (Å²) in [4.78, 5) is 4.38. The van der Waals surface area contributed by atoms with Crippen LogP contribution in [0.1, 0.15) is 11.8 Å². The first kappa shape index (κ1) is 19.0. The fourth-order valence-electron chi connectivity index (χ4n) is 2.21. The van der Waals surface area contributed by atoms with Gasteiger partial charge in [0.15, 0.2) is 6.61 Å². The van der Waals surface area contributed by atoms with E-state index in [1.807, 2.05) is 24.3 Å². The van der Waals surface area contributed by atoms with Crippen LogP contribution in [0.3, 0.4) is 0 Å². The van der Waals surface area contributed by atoms with Crippen LogP contribution in [0.2, 0.25) is 5.02 Å². The zero-order valence-electron chi connectivity index (χ0n) is 14.2. The van der Waals surface area contributed by atoms with Gasteiger partial charge < -0.3 is 13.7 Å². The lowest BCUT2D eigenvalue weighted by Crippen LogP contribution is -1.95. The molecule has 0 aliphatic rings. The first-order valence-electron chi connectivity index (χ1n) is 8.08. The molecule has 0 fully saturated rings. The lowest BCUT2D eigenvalue weighted by atomic mass is 10.2. The summed E-state index contributed by atoms with van der Waals surface area (Å²) in [5.74, 6) is 2.46. The quantitative estimate of drug-likeness (QED) is 0.325. The Morgan fingerprint density at radius 1 is 1.07 bits per heavy atom. The molecule has 28 heavy (non-hydrogen) atoms. The van der Waals surface area contributed by atoms with Crippen LogP contribution in [-0.4, -0.2) is 20.3 Å². The molecule has 10 heteroatoms. The number of nitrogens with zero attached hydrogens (tertiary/aromatic N) is 4. The number of hydrogen-bond acceptors (Lipinski definition) is 8. The Balaban J connectivity index is 1.31. The molecule has 2 aromatic carbocycles. The van der Waals surface area contributed by atoms with Crippen molar-refractivity contribution in [3.8, 4) is 17.1 Å². The van der Waals surface area contributed by atoms with Gasteiger partial charge in [-0.2, -0.15) is 4.98 Å². The minimum absolute atomic E-state index is 0.169. The van der Waals surface area contributed by atoms with E-state index in [1.165, 1.54) is 11.8 Å². The van der Waals surface area contributed by atoms with Gasteiger partial charge in [-0.25, -0.2) is 0 Å². The Morgan fingerprint density at radius 2 is 1.93 bits per heavy atom. The number of rotatable bonds is 7. The van der Waals surface area contributed by atoms with Gasteiger partial charge in [-0.05, 0) is 36.4 Å². The van der Waals surface area contributed by atoms with Crippen molar-refractivity contribution in [3.05, 3.63) is 69.8 Å². The Kier molecular flexibility index (Phi) is 5.94. The lowest BCUT2D eigenvalue weighted by Gasteiger charge is -2.02. The van der Waals surface area contributed by atoms with E-state index in [0.29, 0.717) is 39.4 Å². The number of benzene rings is 2. The van der Waals surface area contributed by atoms with Gasteiger partial charge in [-0.3, -0.25) is 0 Å². The molecule has 7 nitrogen and oxygen atoms in total. The van der Waals surface area contributed by atoms with Gasteiger partial charge in [0.25, 0.3) is 11.1 Å². The first-order valence-corrected chi connectivity index (χ1v) is 10.2. The standard InChI is InChI=1S/C18H12BrClN4O3S/c19-12-3-1-2-11(8-12)17-21-16(27-24-17)10-28-18-23-22-15(26-18)9-25-14-6-4-13(20)5-7-14/h1-8H,9-10H2. The molecule has 0 unspecified atom stereocenters. The largest absolute Gasteiger partial charge is 0.484 e. The van der Waals surface area contributed by atoms with E-state index in [9.17, 15) is 0 Å². The maximum atomic E-state index is 5.84. The third kappa shape index (κ3) is 4.92. The van der Waals surface area contributed by atoms with Crippen molar-refractivity contribution in [2.75, 3.05) is 0 Å². The first-order chi connectivity index (χ1) is 13.7. The highest BCUT2D eigenvalue weighted by molar-refractivity contribution is 9.10. The van der Waals surface area contributed by atoms with Crippen molar-refractivity contribution in [1.29, 1.82) is 0 Å². The molecule has 0 aliphatic carbocycles. The van der Waals surface area contributed by atoms with Crippen LogP contribution < -0.4 is 4.74 Å². The van der Waals surface area contributed by atoms with E-state index in [2.05, 4.69) is 36.3 Å². The summed E-state index contributed by atoms with van der Waals surface area (Å²) in [5.41, 5.74) is 0.869. The number of halogens is 2. The van der Waals surface area contributed by atoms with E-state index in [-0.39, 0.29) is 6.61 Å². The average Bonchev–Trinajstić information content (AvgIpc) is 3.35. The molecule has 0 aliphatic heterocycles. The maximum absolute atomic E-state index is 5.84. The molecule has 0 amide bonds. The van der Waals surface area contributed by atoms with Gasteiger partial charge in [0.2, 0.25) is 11.7 Å². The predicted molar refractivity (Wildman–Crippen MR) is 107 cm³/mol. The van der Waals surface area contributed by atoms with E-state index in [1.54, 1.807) is 24.3 Å². The van der Waals surface area contributed by atoms with Crippen LogP contribution in [-0.2, 0) is 12.4 Å². The van der Waals surface area contributed by atoms with Crippen LogP contribution in [0, 0.1) is 0 Å². The molecule has 0 radical (unpaired) electrons. The lowest BCUT2D eigenvalue weighted by molar-refractivity contribution is 0.252. The van der Waals surface area contributed by atoms with Crippen molar-refractivity contribution in [3.63, 3.8) is 0 Å². The van der Waals surface area contributed by atoms with Crippen LogP contribution in [0.5, 0.6) is 5.75 Å². The van der Waals surface area contributed by atoms with Gasteiger partial charge in [0.05, 0.1) is 5.75 Å². The zero-order valence-corrected chi connectivity index (χ0v) is 17.4. The maximum Gasteiger partial charge on any atom is 0.277 e. The highest BCUT2D eigenvalue weighted by Gasteiger charge is 2.13. The van der Waals surface area contributed by atoms with Gasteiger partial charge in [-0.15, -0.1) is 10.2 Å². The molecule has 0 atom stereocenters. The number of thioether (sulfide) groups is 1. The van der Waals surface area contributed by atoms with E-state index < -0.39 is 0 Å². The Morgan fingerprint density at radius 3 is 2.75 bits per heavy atom. The molecule has 0 bridgehead atoms. The van der Waals surface area contributed by atoms with E-state index >= 15 is 0 Å². The SMILES string of the molecule is Clc1ccc(OCc2nnc(SCc3nc(-c4cccc(Br)c4)no3)o2)cc1. The van der Waals surface area contributed by atoms with Crippen molar-refractivity contribution in [2.24, 2.45) is 0 Å². The summed E-state index contributed by atoms with van der Waals surface area (Å²) < 4.78 is 17.4. The smallest absolute Gasteiger partial charge is 0.277 e. The minimum Gasteiger partial charge on any atom is -0.484 e. The van der Waals surface area contributed by atoms with E-state index in [4.69, 9.17) is 25.3 Å². The second-order valence-electron chi connectivity index (χ2n) is 5.52. The van der Waals surface area contributed by atoms with Crippen LogP contribution in [0.25, 0.3) is 11.4 Å². The summed E-state index contributed by atoms with van der Waals surface area (Å²) in [5, 5.41) is 13.0. The second kappa shape index (κ2) is 8.76. The molecular weight excluding hydrogens is 468 g/mol. The molecule has 0 saturated carbocycles. The predicted octanol–water partition coefficient (Wildman–Crippen LogP) is 5.41. The van der Waals surface area contributed by atoms with Crippen molar-refractivity contribution in [2.45, 2.75) is 17.6 Å². The zero-order chi connectivity index (χ0) is 19.3. The number of hydrogen-bond donors (Lipinski definition) is 0. The Labute approximate surface area is 177 Å². The fourth-order valence-corrected chi connectivity index (χ4v) is 3.36. The number of aromatic nitrogens is 4. The Hall–Kier alpha value is -2.36. The highest BCUT2D eigenvalue weighted by atomic mass is 79.9. The van der Waals surface area contributed by atoms with Gasteiger partial charge >= 0.3 is 0 Å². The molecule has 0 N–H and O–H groups in total. The monoisotopic (exact) mass is 478 g/mol. The minimum atomic E-state index is 0.169. The topological polar surface area (TPSA) is 87.1 Å². The molecular formula is C18H12BrClN4O3S. The normalized spacial score (nSPS) is 10.9. The highest BCUT2D eigenvalue weighted by Crippen LogP contribution is 2.24. The van der Waals surface area contributed by atoms with Crippen LogP contribution >= 0.6 is 39.3 Å². The summed E-state index contributed by atoms with van der Waals surface area (Å²) in [7, 11) is 0. The summed E-state index contributed by atoms with van der Waals surface area (Å²) in [6.07, 6.45) is 0. The molecule has 0 saturated heterocycles. The molecule has 142 valence electrons. The molecule has 4 rings (SSSR count). The second-order valence-corrected chi connectivity index (χ2v) is 7.79. The van der Waals surface area contributed by atoms with Crippen molar-refractivity contribution >= 4 is 39.3 Å². The molecule has 2 aromatic heterocycles. The third-order valence-electron chi connectivity index (χ3n) is 3.49. The summed E-state index contributed by atoms with van der Waals surface area (Å²) in [6.45, 7) is 0.169. The number of ether oxygens (including phenoxy) is 1. The third-order valence-corrected chi connectivity index (χ3v) is 5.04. The van der Waals surface area contributed by atoms with E-state index in [0.717, 1.165) is 10.0 Å². The van der Waals surface area contributed by atoms with Crippen molar-refractivity contribution in [1.82, 2.24) is 20.3 Å². The van der Waals surface area contributed by atoms with Crippen LogP contribution in [0.15, 0.2) is 67.2 Å². The van der Waals surface area contributed by atoms with Gasteiger partial charge in [0, 0.05) is 15.1 Å². The van der Waals surface area contributed by atoms with Crippen molar-refractivity contribution < 1.29 is 13.7 Å². The molecule has 0 spiro atoms. The average molecular weight is 480 g/mol. The van der Waals surface area contributed by atoms with Gasteiger partial charge in [-0.1, -0.05) is 56.6 Å². The fraction of sp³-hybridized carbons (Fsp3) is 0.111. The van der Waals surface area contributed by atoms with Gasteiger partial charge in [0.1, 0.15) is 5.75 Å².